The summed E-state index contributed by atoms with van der Waals surface area (Å²) in [5.41, 5.74) is 0. The highest BCUT2D eigenvalue weighted by Crippen LogP contribution is 2.20. The Morgan fingerprint density at radius 3 is 2.50 bits per heavy atom. The molecule has 2 N–H and O–H groups in total. The van der Waals surface area contributed by atoms with Crippen molar-refractivity contribution in [3.63, 3.8) is 0 Å². The number of carboxylic acid groups (broad SMARTS) is 1. The maximum absolute atomic E-state index is 11.9. The number of aliphatic carboxylic acids is 1. The largest absolute Gasteiger partial charge is 0.481 e. The number of hydrogen-bond donors (Lipinski definition) is 2. The van der Waals surface area contributed by atoms with Gasteiger partial charge in [0, 0.05) is 39.2 Å². The van der Waals surface area contributed by atoms with Gasteiger partial charge < -0.3 is 20.0 Å². The normalized spacial score (nSPS) is 15.3. The van der Waals surface area contributed by atoms with E-state index in [1.807, 2.05) is 0 Å². The van der Waals surface area contributed by atoms with Crippen LogP contribution in [0.25, 0.3) is 0 Å². The number of rotatable bonds is 7. The molecule has 6 heteroatoms. The van der Waals surface area contributed by atoms with Crippen molar-refractivity contribution >= 4 is 12.0 Å². The number of urea groups is 1. The van der Waals surface area contributed by atoms with Crippen molar-refractivity contribution in [3.8, 4) is 0 Å². The molecule has 0 spiro atoms. The molecule has 6 nitrogen and oxygen atoms in total. The van der Waals surface area contributed by atoms with Gasteiger partial charge in [0.2, 0.25) is 0 Å². The van der Waals surface area contributed by atoms with Gasteiger partial charge in [-0.05, 0) is 19.3 Å². The minimum atomic E-state index is -0.801. The maximum Gasteiger partial charge on any atom is 0.319 e. The quantitative estimate of drug-likeness (QED) is 0.655. The lowest BCUT2D eigenvalue weighted by molar-refractivity contribution is -0.139. The fraction of sp³-hybridized carbons (Fsp3) is 0.833. The molecule has 1 aliphatic rings. The minimum absolute atomic E-state index is 0.0272. The van der Waals surface area contributed by atoms with E-state index in [0.29, 0.717) is 19.6 Å². The number of carbonyl (C=O) groups excluding carboxylic acids is 1. The number of likely N-dealkylation sites (tertiary alicyclic amines) is 1. The van der Waals surface area contributed by atoms with Gasteiger partial charge in [0.25, 0.3) is 0 Å². The Morgan fingerprint density at radius 1 is 1.28 bits per heavy atom. The Labute approximate surface area is 107 Å². The molecule has 0 bridgehead atoms. The third-order valence-electron chi connectivity index (χ3n) is 3.17. The number of carboxylic acids is 1. The van der Waals surface area contributed by atoms with E-state index in [1.165, 1.54) is 0 Å². The second-order valence-electron chi connectivity index (χ2n) is 4.86. The average Bonchev–Trinajstić information content (AvgIpc) is 2.27. The summed E-state index contributed by atoms with van der Waals surface area (Å²) in [4.78, 5) is 25.7. The molecule has 0 aliphatic carbocycles. The molecule has 18 heavy (non-hydrogen) atoms. The number of aliphatic hydroxyl groups excluding tert-OH is 1. The summed E-state index contributed by atoms with van der Waals surface area (Å²) in [6.45, 7) is 1.97. The van der Waals surface area contributed by atoms with Crippen LogP contribution in [-0.2, 0) is 4.79 Å². The minimum Gasteiger partial charge on any atom is -0.481 e. The molecule has 0 aromatic carbocycles. The van der Waals surface area contributed by atoms with Crippen molar-refractivity contribution in [2.45, 2.75) is 25.7 Å². The van der Waals surface area contributed by atoms with Crippen LogP contribution in [0.15, 0.2) is 0 Å². The Morgan fingerprint density at radius 2 is 1.94 bits per heavy atom. The van der Waals surface area contributed by atoms with Crippen LogP contribution in [0.1, 0.15) is 25.7 Å². The van der Waals surface area contributed by atoms with Gasteiger partial charge in [0.05, 0.1) is 6.42 Å². The van der Waals surface area contributed by atoms with Crippen molar-refractivity contribution in [1.82, 2.24) is 9.80 Å². The topological polar surface area (TPSA) is 81.1 Å². The van der Waals surface area contributed by atoms with E-state index in [2.05, 4.69) is 0 Å². The van der Waals surface area contributed by atoms with Crippen molar-refractivity contribution < 1.29 is 19.8 Å². The summed E-state index contributed by atoms with van der Waals surface area (Å²) in [5, 5.41) is 17.3. The van der Waals surface area contributed by atoms with Crippen LogP contribution in [0.3, 0.4) is 0 Å². The molecule has 104 valence electrons. The van der Waals surface area contributed by atoms with Gasteiger partial charge in [-0.15, -0.1) is 0 Å². The zero-order valence-electron chi connectivity index (χ0n) is 10.8. The van der Waals surface area contributed by atoms with Gasteiger partial charge in [-0.1, -0.05) is 0 Å². The number of unbranched alkanes of at least 4 members (excludes halogenated alkanes) is 2. The Balaban J connectivity index is 2.15. The van der Waals surface area contributed by atoms with Gasteiger partial charge in [0.15, 0.2) is 0 Å². The maximum atomic E-state index is 11.9. The summed E-state index contributed by atoms with van der Waals surface area (Å²) < 4.78 is 0. The van der Waals surface area contributed by atoms with E-state index in [9.17, 15) is 9.59 Å². The van der Waals surface area contributed by atoms with Crippen molar-refractivity contribution in [2.24, 2.45) is 5.92 Å². The molecule has 1 aliphatic heterocycles. The van der Waals surface area contributed by atoms with Crippen LogP contribution in [0.5, 0.6) is 0 Å². The van der Waals surface area contributed by atoms with Gasteiger partial charge in [-0.25, -0.2) is 4.79 Å². The third-order valence-corrected chi connectivity index (χ3v) is 3.17. The number of aliphatic hydroxyl groups is 1. The van der Waals surface area contributed by atoms with Crippen molar-refractivity contribution in [3.05, 3.63) is 0 Å². The first-order chi connectivity index (χ1) is 8.54. The second kappa shape index (κ2) is 7.20. The van der Waals surface area contributed by atoms with E-state index in [-0.39, 0.29) is 25.0 Å². The average molecular weight is 258 g/mol. The predicted octanol–water partition coefficient (Wildman–Crippen LogP) is 0.607. The molecule has 2 amide bonds. The lowest BCUT2D eigenvalue weighted by atomic mass is 9.97. The van der Waals surface area contributed by atoms with E-state index < -0.39 is 5.97 Å². The molecule has 1 heterocycles. The summed E-state index contributed by atoms with van der Waals surface area (Å²) in [6.07, 6.45) is 2.71. The molecule has 1 rings (SSSR count). The zero-order chi connectivity index (χ0) is 13.5. The summed E-state index contributed by atoms with van der Waals surface area (Å²) >= 11 is 0. The van der Waals surface area contributed by atoms with Crippen molar-refractivity contribution in [1.29, 1.82) is 0 Å². The van der Waals surface area contributed by atoms with Gasteiger partial charge in [-0.3, -0.25) is 4.79 Å². The van der Waals surface area contributed by atoms with E-state index in [0.717, 1.165) is 19.3 Å². The van der Waals surface area contributed by atoms with Gasteiger partial charge >= 0.3 is 12.0 Å². The fourth-order valence-corrected chi connectivity index (χ4v) is 2.08. The number of amides is 2. The molecule has 0 radical (unpaired) electrons. The molecule has 0 aromatic rings. The SMILES string of the molecule is CN(CCCCCO)C(=O)N1CC(CC(=O)O)C1. The summed E-state index contributed by atoms with van der Waals surface area (Å²) in [5.74, 6) is -0.696. The molecular weight excluding hydrogens is 236 g/mol. The lowest BCUT2D eigenvalue weighted by Gasteiger charge is -2.40. The first-order valence-corrected chi connectivity index (χ1v) is 6.37. The number of nitrogens with zero attached hydrogens (tertiary/aromatic N) is 2. The molecule has 0 aromatic heterocycles. The van der Waals surface area contributed by atoms with E-state index in [4.69, 9.17) is 10.2 Å². The summed E-state index contributed by atoms with van der Waals surface area (Å²) in [6, 6.07) is -0.0272. The van der Waals surface area contributed by atoms with Crippen LogP contribution >= 0.6 is 0 Å². The van der Waals surface area contributed by atoms with Gasteiger partial charge in [-0.2, -0.15) is 0 Å². The fourth-order valence-electron chi connectivity index (χ4n) is 2.08. The Bertz CT molecular complexity index is 290. The predicted molar refractivity (Wildman–Crippen MR) is 66.3 cm³/mol. The molecule has 1 saturated heterocycles. The molecule has 0 atom stereocenters. The zero-order valence-corrected chi connectivity index (χ0v) is 10.8. The first-order valence-electron chi connectivity index (χ1n) is 6.37. The van der Waals surface area contributed by atoms with E-state index in [1.54, 1.807) is 16.8 Å². The lowest BCUT2D eigenvalue weighted by Crippen LogP contribution is -2.54. The van der Waals surface area contributed by atoms with E-state index >= 15 is 0 Å². The third kappa shape index (κ3) is 4.52. The molecular formula is C12H22N2O4. The van der Waals surface area contributed by atoms with Crippen LogP contribution in [0.4, 0.5) is 4.79 Å². The Hall–Kier alpha value is -1.30. The molecule has 0 saturated carbocycles. The van der Waals surface area contributed by atoms with Crippen LogP contribution in [0, 0.1) is 5.92 Å². The first kappa shape index (κ1) is 14.8. The highest BCUT2D eigenvalue weighted by atomic mass is 16.4. The molecule has 1 fully saturated rings. The van der Waals surface area contributed by atoms with Crippen LogP contribution < -0.4 is 0 Å². The Kier molecular flexibility index (Phi) is 5.91. The smallest absolute Gasteiger partial charge is 0.319 e. The highest BCUT2D eigenvalue weighted by molar-refractivity contribution is 5.75. The highest BCUT2D eigenvalue weighted by Gasteiger charge is 2.33. The summed E-state index contributed by atoms with van der Waals surface area (Å²) in [7, 11) is 1.76. The number of hydrogen-bond acceptors (Lipinski definition) is 3. The molecule has 0 unspecified atom stereocenters. The number of carbonyl (C=O) groups is 2. The van der Waals surface area contributed by atoms with Crippen LogP contribution in [-0.4, -0.2) is 65.3 Å². The van der Waals surface area contributed by atoms with Crippen LogP contribution in [0.2, 0.25) is 0 Å². The van der Waals surface area contributed by atoms with Gasteiger partial charge in [0.1, 0.15) is 0 Å². The monoisotopic (exact) mass is 258 g/mol. The second-order valence-corrected chi connectivity index (χ2v) is 4.86. The standard InChI is InChI=1S/C12H22N2O4/c1-13(5-3-2-4-6-15)12(18)14-8-10(9-14)7-11(16)17/h10,15H,2-9H2,1H3,(H,16,17). The van der Waals surface area contributed by atoms with Crippen molar-refractivity contribution in [2.75, 3.05) is 33.3 Å².